The summed E-state index contributed by atoms with van der Waals surface area (Å²) in [4.78, 5) is 16.3. The molecule has 1 unspecified atom stereocenters. The van der Waals surface area contributed by atoms with E-state index in [2.05, 4.69) is 15.5 Å². The summed E-state index contributed by atoms with van der Waals surface area (Å²) < 4.78 is 5.19. The second-order valence-corrected chi connectivity index (χ2v) is 7.00. The van der Waals surface area contributed by atoms with E-state index in [1.165, 1.54) is 17.8 Å². The lowest BCUT2D eigenvalue weighted by atomic mass is 10.1. The molecule has 0 aliphatic carbocycles. The minimum atomic E-state index is -0.361. The van der Waals surface area contributed by atoms with Crippen LogP contribution >= 0.6 is 35.0 Å². The number of amides is 1. The van der Waals surface area contributed by atoms with Gasteiger partial charge >= 0.3 is 0 Å². The van der Waals surface area contributed by atoms with Gasteiger partial charge in [-0.2, -0.15) is 0 Å². The van der Waals surface area contributed by atoms with Crippen molar-refractivity contribution in [2.24, 2.45) is 4.99 Å². The maximum atomic E-state index is 12.1. The van der Waals surface area contributed by atoms with Crippen molar-refractivity contribution in [2.45, 2.75) is 12.2 Å². The van der Waals surface area contributed by atoms with Crippen LogP contribution in [0.15, 0.2) is 33.8 Å². The number of carbonyl (C=O) groups is 1. The third kappa shape index (κ3) is 3.29. The highest BCUT2D eigenvalue weighted by Gasteiger charge is 2.20. The number of nitrogens with zero attached hydrogens (tertiary/aromatic N) is 2. The molecule has 0 saturated carbocycles. The number of nitrogens with one attached hydrogen (secondary N) is 1. The van der Waals surface area contributed by atoms with E-state index >= 15 is 0 Å². The second kappa shape index (κ2) is 6.32. The molecule has 1 aliphatic heterocycles. The zero-order valence-corrected chi connectivity index (χ0v) is 13.8. The van der Waals surface area contributed by atoms with Crippen molar-refractivity contribution < 1.29 is 9.32 Å². The van der Waals surface area contributed by atoms with Gasteiger partial charge in [0.25, 0.3) is 5.91 Å². The monoisotopic (exact) mass is 355 g/mol. The fourth-order valence-corrected chi connectivity index (χ4v) is 3.24. The first-order chi connectivity index (χ1) is 10.5. The van der Waals surface area contributed by atoms with Crippen molar-refractivity contribution >= 4 is 46.0 Å². The molecule has 2 aromatic rings. The highest BCUT2D eigenvalue weighted by atomic mass is 35.5. The standard InChI is InChI=1S/C14H11Cl2N3O2S/c1-7-6-17-14(22-7)18-13(20)11-5-12(21-19-11)9-3-2-8(15)4-10(9)16/h2-5,7H,6H2,1H3,(H,17,18,20). The summed E-state index contributed by atoms with van der Waals surface area (Å²) in [5, 5.41) is 8.42. The molecule has 5 nitrogen and oxygen atoms in total. The predicted octanol–water partition coefficient (Wildman–Crippen LogP) is 3.87. The normalized spacial score (nSPS) is 17.4. The predicted molar refractivity (Wildman–Crippen MR) is 88.8 cm³/mol. The molecule has 2 heterocycles. The van der Waals surface area contributed by atoms with Crippen molar-refractivity contribution in [3.05, 3.63) is 40.0 Å². The van der Waals surface area contributed by atoms with Crippen LogP contribution in [0.3, 0.4) is 0 Å². The van der Waals surface area contributed by atoms with Crippen LogP contribution in [0.1, 0.15) is 17.4 Å². The summed E-state index contributed by atoms with van der Waals surface area (Å²) in [7, 11) is 0. The third-order valence-electron chi connectivity index (χ3n) is 2.96. The van der Waals surface area contributed by atoms with Crippen LogP contribution in [-0.2, 0) is 0 Å². The Bertz CT molecular complexity index is 760. The smallest absolute Gasteiger partial charge is 0.279 e. The molecule has 8 heteroatoms. The van der Waals surface area contributed by atoms with Gasteiger partial charge in [-0.25, -0.2) is 0 Å². The maximum Gasteiger partial charge on any atom is 0.279 e. The van der Waals surface area contributed by atoms with Gasteiger partial charge in [0, 0.05) is 21.9 Å². The summed E-state index contributed by atoms with van der Waals surface area (Å²) in [5.41, 5.74) is 0.794. The number of aliphatic imine (C=N–C) groups is 1. The highest BCUT2D eigenvalue weighted by Crippen LogP contribution is 2.30. The van der Waals surface area contributed by atoms with E-state index in [1.807, 2.05) is 6.92 Å². The van der Waals surface area contributed by atoms with E-state index in [1.54, 1.807) is 18.2 Å². The van der Waals surface area contributed by atoms with E-state index in [4.69, 9.17) is 27.7 Å². The van der Waals surface area contributed by atoms with Gasteiger partial charge < -0.3 is 4.52 Å². The number of thioether (sulfide) groups is 1. The second-order valence-electron chi connectivity index (χ2n) is 4.73. The quantitative estimate of drug-likeness (QED) is 0.887. The lowest BCUT2D eigenvalue weighted by Gasteiger charge is -2.01. The Kier molecular flexibility index (Phi) is 4.42. The summed E-state index contributed by atoms with van der Waals surface area (Å²) >= 11 is 13.5. The molecule has 1 atom stereocenters. The number of hydrogen-bond donors (Lipinski definition) is 1. The van der Waals surface area contributed by atoms with Gasteiger partial charge in [0.05, 0.1) is 11.6 Å². The zero-order chi connectivity index (χ0) is 15.7. The summed E-state index contributed by atoms with van der Waals surface area (Å²) in [6, 6.07) is 6.54. The first-order valence-electron chi connectivity index (χ1n) is 6.47. The van der Waals surface area contributed by atoms with Crippen LogP contribution in [0.2, 0.25) is 10.0 Å². The number of halogens is 2. The minimum Gasteiger partial charge on any atom is -0.355 e. The van der Waals surface area contributed by atoms with Crippen molar-refractivity contribution in [3.8, 4) is 11.3 Å². The average molecular weight is 356 g/mol. The van der Waals surface area contributed by atoms with Gasteiger partial charge in [-0.15, -0.1) is 0 Å². The third-order valence-corrected chi connectivity index (χ3v) is 4.52. The number of rotatable bonds is 2. The number of carbonyl (C=O) groups excluding carboxylic acids is 1. The lowest BCUT2D eigenvalue weighted by molar-refractivity contribution is 0.0969. The van der Waals surface area contributed by atoms with Crippen molar-refractivity contribution in [1.82, 2.24) is 10.5 Å². The molecule has 0 bridgehead atoms. The number of benzene rings is 1. The van der Waals surface area contributed by atoms with Gasteiger partial charge in [0.2, 0.25) is 0 Å². The molecule has 1 N–H and O–H groups in total. The van der Waals surface area contributed by atoms with Crippen molar-refractivity contribution in [2.75, 3.05) is 6.54 Å². The zero-order valence-electron chi connectivity index (χ0n) is 11.5. The van der Waals surface area contributed by atoms with E-state index in [0.29, 0.717) is 38.3 Å². The van der Waals surface area contributed by atoms with E-state index in [9.17, 15) is 4.79 Å². The lowest BCUT2D eigenvalue weighted by Crippen LogP contribution is -2.27. The fourth-order valence-electron chi connectivity index (χ4n) is 1.91. The first-order valence-corrected chi connectivity index (χ1v) is 8.11. The highest BCUT2D eigenvalue weighted by molar-refractivity contribution is 8.14. The molecule has 0 fully saturated rings. The maximum absolute atomic E-state index is 12.1. The van der Waals surface area contributed by atoms with Gasteiger partial charge in [0.15, 0.2) is 16.6 Å². The Balaban J connectivity index is 1.77. The molecule has 114 valence electrons. The number of amidine groups is 1. The largest absolute Gasteiger partial charge is 0.355 e. The van der Waals surface area contributed by atoms with Crippen molar-refractivity contribution in [3.63, 3.8) is 0 Å². The molecule has 1 aliphatic rings. The molecule has 1 aromatic heterocycles. The van der Waals surface area contributed by atoms with Crippen LogP contribution in [0.4, 0.5) is 0 Å². The molecule has 1 aromatic carbocycles. The molecular formula is C14H11Cl2N3O2S. The van der Waals surface area contributed by atoms with Gasteiger partial charge in [-0.1, -0.05) is 47.0 Å². The Morgan fingerprint density at radius 3 is 2.91 bits per heavy atom. The number of aromatic nitrogens is 1. The summed E-state index contributed by atoms with van der Waals surface area (Å²) in [6.45, 7) is 2.74. The molecule has 0 saturated heterocycles. The fraction of sp³-hybridized carbons (Fsp3) is 0.214. The Morgan fingerprint density at radius 2 is 2.23 bits per heavy atom. The number of hydrogen-bond acceptors (Lipinski definition) is 5. The molecule has 1 amide bonds. The van der Waals surface area contributed by atoms with Gasteiger partial charge in [-0.05, 0) is 18.2 Å². The minimum absolute atomic E-state index is 0.170. The van der Waals surface area contributed by atoms with Crippen molar-refractivity contribution in [1.29, 1.82) is 0 Å². The van der Waals surface area contributed by atoms with Crippen LogP contribution in [-0.4, -0.2) is 28.0 Å². The molecule has 0 radical (unpaired) electrons. The molecule has 0 spiro atoms. The van der Waals surface area contributed by atoms with Crippen LogP contribution in [0, 0.1) is 0 Å². The Morgan fingerprint density at radius 1 is 1.41 bits per heavy atom. The summed E-state index contributed by atoms with van der Waals surface area (Å²) in [6.07, 6.45) is 0. The Hall–Kier alpha value is -1.50. The average Bonchev–Trinajstić information content (AvgIpc) is 3.08. The van der Waals surface area contributed by atoms with Gasteiger partial charge in [-0.3, -0.25) is 15.1 Å². The van der Waals surface area contributed by atoms with Crippen LogP contribution in [0.5, 0.6) is 0 Å². The first kappa shape index (κ1) is 15.4. The molecule has 22 heavy (non-hydrogen) atoms. The molecule has 3 rings (SSSR count). The molecular weight excluding hydrogens is 345 g/mol. The van der Waals surface area contributed by atoms with Crippen LogP contribution in [0.25, 0.3) is 11.3 Å². The Labute approximate surface area is 141 Å². The van der Waals surface area contributed by atoms with E-state index in [0.717, 1.165) is 0 Å². The van der Waals surface area contributed by atoms with Crippen LogP contribution < -0.4 is 5.32 Å². The SMILES string of the molecule is CC1CN=C(NC(=O)c2cc(-c3ccc(Cl)cc3Cl)on2)S1. The van der Waals surface area contributed by atoms with Gasteiger partial charge in [0.1, 0.15) is 0 Å². The van der Waals surface area contributed by atoms with E-state index in [-0.39, 0.29) is 11.6 Å². The topological polar surface area (TPSA) is 67.5 Å². The van der Waals surface area contributed by atoms with E-state index < -0.39 is 0 Å². The summed E-state index contributed by atoms with van der Waals surface area (Å²) in [5.74, 6) is 0.0432.